The summed E-state index contributed by atoms with van der Waals surface area (Å²) < 4.78 is 10.8. The van der Waals surface area contributed by atoms with Crippen LogP contribution < -0.4 is 15.6 Å². The van der Waals surface area contributed by atoms with E-state index in [9.17, 15) is 14.7 Å². The van der Waals surface area contributed by atoms with Crippen molar-refractivity contribution in [1.82, 2.24) is 15.3 Å². The molecule has 1 atom stereocenters. The van der Waals surface area contributed by atoms with Crippen molar-refractivity contribution < 1.29 is 19.4 Å². The zero-order valence-electron chi connectivity index (χ0n) is 20.2. The van der Waals surface area contributed by atoms with Gasteiger partial charge < -0.3 is 24.9 Å². The molecule has 0 radical (unpaired) electrons. The van der Waals surface area contributed by atoms with Gasteiger partial charge in [0.25, 0.3) is 5.56 Å². The van der Waals surface area contributed by atoms with E-state index in [1.807, 2.05) is 31.2 Å². The lowest BCUT2D eigenvalue weighted by molar-refractivity contribution is -0.134. The molecular weight excluding hydrogens is 458 g/mol. The van der Waals surface area contributed by atoms with E-state index in [0.29, 0.717) is 29.3 Å². The van der Waals surface area contributed by atoms with Crippen molar-refractivity contribution in [2.75, 3.05) is 13.2 Å². The fourth-order valence-electron chi connectivity index (χ4n) is 3.79. The Morgan fingerprint density at radius 1 is 1.25 bits per heavy atom. The predicted octanol–water partition coefficient (Wildman–Crippen LogP) is 3.52. The normalized spacial score (nSPS) is 14.8. The van der Waals surface area contributed by atoms with Crippen molar-refractivity contribution in [3.05, 3.63) is 75.8 Å². The predicted molar refractivity (Wildman–Crippen MR) is 136 cm³/mol. The number of aromatic amines is 1. The van der Waals surface area contributed by atoms with Crippen LogP contribution in [-0.4, -0.2) is 40.3 Å². The van der Waals surface area contributed by atoms with Crippen LogP contribution in [0.4, 0.5) is 0 Å². The van der Waals surface area contributed by atoms with E-state index in [2.05, 4.69) is 27.1 Å². The fraction of sp³-hybridized carbons (Fsp3) is 0.321. The molecule has 1 aliphatic rings. The third-order valence-electron chi connectivity index (χ3n) is 5.86. The second-order valence-corrected chi connectivity index (χ2v) is 8.60. The molecule has 2 aromatic carbocycles. The number of benzene rings is 2. The topological polar surface area (TPSA) is 114 Å². The first kappa shape index (κ1) is 25.2. The van der Waals surface area contributed by atoms with Gasteiger partial charge in [-0.2, -0.15) is 0 Å². The first-order valence-corrected chi connectivity index (χ1v) is 12.1. The summed E-state index contributed by atoms with van der Waals surface area (Å²) in [6.45, 7) is 4.32. The quantitative estimate of drug-likeness (QED) is 0.253. The van der Waals surface area contributed by atoms with Crippen LogP contribution in [0.3, 0.4) is 0 Å². The van der Waals surface area contributed by atoms with E-state index in [1.165, 1.54) is 6.33 Å². The van der Waals surface area contributed by atoms with Crippen LogP contribution in [-0.2, 0) is 16.1 Å². The van der Waals surface area contributed by atoms with Gasteiger partial charge in [-0.05, 0) is 48.7 Å². The molecule has 8 heteroatoms. The monoisotopic (exact) mass is 487 g/mol. The average Bonchev–Trinajstić information content (AvgIpc) is 3.41. The van der Waals surface area contributed by atoms with Crippen LogP contribution in [0.25, 0.3) is 11.3 Å². The van der Waals surface area contributed by atoms with Gasteiger partial charge in [0.05, 0.1) is 12.9 Å². The second-order valence-electron chi connectivity index (χ2n) is 8.60. The Morgan fingerprint density at radius 2 is 2.08 bits per heavy atom. The summed E-state index contributed by atoms with van der Waals surface area (Å²) in [6.07, 6.45) is 4.16. The Kier molecular flexibility index (Phi) is 8.50. The van der Waals surface area contributed by atoms with Crippen molar-refractivity contribution >= 4 is 5.97 Å². The van der Waals surface area contributed by atoms with Gasteiger partial charge in [0, 0.05) is 42.3 Å². The van der Waals surface area contributed by atoms with Crippen LogP contribution in [0, 0.1) is 11.8 Å². The number of aromatic nitrogens is 2. The zero-order valence-corrected chi connectivity index (χ0v) is 20.2. The van der Waals surface area contributed by atoms with Crippen LogP contribution in [0.15, 0.2) is 53.6 Å². The molecular formula is C28H29N3O5. The fourth-order valence-corrected chi connectivity index (χ4v) is 3.79. The highest BCUT2D eigenvalue weighted by molar-refractivity contribution is 5.77. The zero-order chi connectivity index (χ0) is 25.3. The van der Waals surface area contributed by atoms with Crippen molar-refractivity contribution in [1.29, 1.82) is 0 Å². The van der Waals surface area contributed by atoms with Crippen LogP contribution in [0.5, 0.6) is 11.5 Å². The standard InChI is InChI=1S/C28H29N3O5/c1-2-3-4-25(32)36-23-12-11-21(24(15-23)26-27(33)28(34)31-18-30-26)10-9-19-5-7-20(8-6-19)16-29-22-13-14-35-17-22/h5-8,11-12,15,18,22,29,33H,2-4,13-14,16-17H2,1H3,(H,30,31,34). The van der Waals surface area contributed by atoms with Crippen LogP contribution in [0.1, 0.15) is 49.3 Å². The maximum absolute atomic E-state index is 12.1. The second kappa shape index (κ2) is 12.2. The third-order valence-corrected chi connectivity index (χ3v) is 5.86. The number of rotatable bonds is 8. The minimum Gasteiger partial charge on any atom is -0.502 e. The number of ether oxygens (including phenoxy) is 2. The average molecular weight is 488 g/mol. The SMILES string of the molecule is CCCCC(=O)Oc1ccc(C#Cc2ccc(CNC3CCOC3)cc2)c(-c2nc[nH]c(=O)c2O)c1. The molecule has 36 heavy (non-hydrogen) atoms. The van der Waals surface area contributed by atoms with Gasteiger partial charge in [0.1, 0.15) is 11.4 Å². The third kappa shape index (κ3) is 6.60. The highest BCUT2D eigenvalue weighted by atomic mass is 16.5. The van der Waals surface area contributed by atoms with Gasteiger partial charge in [-0.1, -0.05) is 37.3 Å². The Bertz CT molecular complexity index is 1320. The molecule has 2 heterocycles. The molecule has 3 aromatic rings. The first-order valence-electron chi connectivity index (χ1n) is 12.1. The molecule has 0 amide bonds. The van der Waals surface area contributed by atoms with Crippen molar-refractivity contribution in [2.24, 2.45) is 0 Å². The lowest BCUT2D eigenvalue weighted by Crippen LogP contribution is -2.28. The van der Waals surface area contributed by atoms with Crippen LogP contribution in [0.2, 0.25) is 0 Å². The molecule has 0 saturated carbocycles. The van der Waals surface area contributed by atoms with Crippen molar-refractivity contribution in [3.8, 4) is 34.6 Å². The summed E-state index contributed by atoms with van der Waals surface area (Å²) in [5.74, 6) is 5.64. The number of carbonyl (C=O) groups excluding carboxylic acids is 1. The lowest BCUT2D eigenvalue weighted by atomic mass is 10.0. The summed E-state index contributed by atoms with van der Waals surface area (Å²) in [4.78, 5) is 30.5. The van der Waals surface area contributed by atoms with Crippen molar-refractivity contribution in [3.63, 3.8) is 0 Å². The number of hydrogen-bond donors (Lipinski definition) is 3. The molecule has 1 aliphatic heterocycles. The van der Waals surface area contributed by atoms with E-state index >= 15 is 0 Å². The summed E-state index contributed by atoms with van der Waals surface area (Å²) in [6, 6.07) is 13.2. The van der Waals surface area contributed by atoms with Gasteiger partial charge in [0.2, 0.25) is 5.75 Å². The number of aromatic hydroxyl groups is 1. The Labute approximate surface area is 209 Å². The molecule has 1 saturated heterocycles. The van der Waals surface area contributed by atoms with E-state index in [-0.39, 0.29) is 11.7 Å². The molecule has 8 nitrogen and oxygen atoms in total. The van der Waals surface area contributed by atoms with Crippen LogP contribution >= 0.6 is 0 Å². The molecule has 0 spiro atoms. The number of nitrogens with zero attached hydrogens (tertiary/aromatic N) is 1. The number of unbranched alkanes of at least 4 members (excludes halogenated alkanes) is 1. The van der Waals surface area contributed by atoms with Gasteiger partial charge in [0.15, 0.2) is 0 Å². The lowest BCUT2D eigenvalue weighted by Gasteiger charge is -2.10. The molecule has 3 N–H and O–H groups in total. The number of H-pyrrole nitrogens is 1. The van der Waals surface area contributed by atoms with Gasteiger partial charge in [-0.25, -0.2) is 4.98 Å². The summed E-state index contributed by atoms with van der Waals surface area (Å²) in [5, 5.41) is 13.8. The highest BCUT2D eigenvalue weighted by Crippen LogP contribution is 2.30. The summed E-state index contributed by atoms with van der Waals surface area (Å²) in [5.41, 5.74) is 2.28. The van der Waals surface area contributed by atoms with Gasteiger partial charge in [-0.3, -0.25) is 9.59 Å². The number of hydrogen-bond acceptors (Lipinski definition) is 7. The maximum Gasteiger partial charge on any atom is 0.311 e. The minimum absolute atomic E-state index is 0.0619. The van der Waals surface area contributed by atoms with E-state index in [4.69, 9.17) is 9.47 Å². The molecule has 4 rings (SSSR count). The highest BCUT2D eigenvalue weighted by Gasteiger charge is 2.16. The maximum atomic E-state index is 12.1. The molecule has 1 unspecified atom stereocenters. The number of nitrogens with one attached hydrogen (secondary N) is 2. The van der Waals surface area contributed by atoms with Crippen molar-refractivity contribution in [2.45, 2.75) is 45.2 Å². The first-order chi connectivity index (χ1) is 17.5. The minimum atomic E-state index is -0.669. The largest absolute Gasteiger partial charge is 0.502 e. The van der Waals surface area contributed by atoms with Gasteiger partial charge >= 0.3 is 5.97 Å². The Hall–Kier alpha value is -3.93. The van der Waals surface area contributed by atoms with Gasteiger partial charge in [-0.15, -0.1) is 0 Å². The Morgan fingerprint density at radius 3 is 2.83 bits per heavy atom. The Balaban J connectivity index is 1.57. The molecule has 1 fully saturated rings. The number of esters is 1. The van der Waals surface area contributed by atoms with E-state index in [0.717, 1.165) is 50.1 Å². The summed E-state index contributed by atoms with van der Waals surface area (Å²) in [7, 11) is 0. The molecule has 1 aromatic heterocycles. The van der Waals surface area contributed by atoms with E-state index < -0.39 is 11.3 Å². The number of carbonyl (C=O) groups is 1. The smallest absolute Gasteiger partial charge is 0.311 e. The molecule has 0 aliphatic carbocycles. The molecule has 0 bridgehead atoms. The van der Waals surface area contributed by atoms with E-state index in [1.54, 1.807) is 18.2 Å². The summed E-state index contributed by atoms with van der Waals surface area (Å²) >= 11 is 0. The molecule has 186 valence electrons.